The smallest absolute Gasteiger partial charge is 0.244 e. The quantitative estimate of drug-likeness (QED) is 0.588. The van der Waals surface area contributed by atoms with E-state index in [2.05, 4.69) is 0 Å². The molecule has 0 unspecified atom stereocenters. The third kappa shape index (κ3) is 5.90. The van der Waals surface area contributed by atoms with Gasteiger partial charge in [0, 0.05) is 12.0 Å². The fourth-order valence-corrected chi connectivity index (χ4v) is 1.03. The van der Waals surface area contributed by atoms with Crippen molar-refractivity contribution in [2.75, 3.05) is 0 Å². The van der Waals surface area contributed by atoms with Crippen molar-refractivity contribution in [1.82, 2.24) is 0 Å². The molecule has 0 saturated carbocycles. The minimum Gasteiger partial charge on any atom is -0.370 e. The van der Waals surface area contributed by atoms with Crippen LogP contribution in [-0.2, 0) is 9.59 Å². The Morgan fingerprint density at radius 1 is 1.23 bits per heavy atom. The lowest BCUT2D eigenvalue weighted by Crippen LogP contribution is -2.15. The van der Waals surface area contributed by atoms with Crippen LogP contribution in [0.5, 0.6) is 0 Å². The number of hydrogen-bond donors (Lipinski definition) is 2. The van der Waals surface area contributed by atoms with Crippen molar-refractivity contribution in [3.05, 3.63) is 11.6 Å². The van der Waals surface area contributed by atoms with Gasteiger partial charge in [0.1, 0.15) is 0 Å². The summed E-state index contributed by atoms with van der Waals surface area (Å²) in [5.74, 6) is -0.758. The predicted octanol–water partition coefficient (Wildman–Crippen LogP) is 0.464. The number of amides is 2. The summed E-state index contributed by atoms with van der Waals surface area (Å²) in [6, 6.07) is 0. The summed E-state index contributed by atoms with van der Waals surface area (Å²) in [5.41, 5.74) is 10.7. The summed E-state index contributed by atoms with van der Waals surface area (Å²) >= 11 is 0. The molecule has 0 aromatic rings. The van der Waals surface area contributed by atoms with Crippen LogP contribution in [0.15, 0.2) is 11.6 Å². The second-order valence-corrected chi connectivity index (χ2v) is 2.82. The molecule has 0 saturated heterocycles. The van der Waals surface area contributed by atoms with Gasteiger partial charge in [-0.3, -0.25) is 9.59 Å². The molecule has 0 spiro atoms. The monoisotopic (exact) mass is 184 g/mol. The number of rotatable bonds is 6. The molecule has 74 valence electrons. The number of primary amides is 2. The highest BCUT2D eigenvalue weighted by Crippen LogP contribution is 2.07. The van der Waals surface area contributed by atoms with Crippen molar-refractivity contribution in [3.63, 3.8) is 0 Å². The molecular formula is C9H16N2O2. The SMILES string of the molecule is CCC=C(CCCC(N)=O)C(N)=O. The Morgan fingerprint density at radius 2 is 1.85 bits per heavy atom. The van der Waals surface area contributed by atoms with Gasteiger partial charge in [-0.2, -0.15) is 0 Å². The molecule has 0 aliphatic heterocycles. The van der Waals surface area contributed by atoms with E-state index >= 15 is 0 Å². The average Bonchev–Trinajstić information content (AvgIpc) is 2.02. The zero-order chi connectivity index (χ0) is 10.3. The lowest BCUT2D eigenvalue weighted by Gasteiger charge is -2.01. The van der Waals surface area contributed by atoms with Gasteiger partial charge in [0.05, 0.1) is 0 Å². The molecule has 0 radical (unpaired) electrons. The average molecular weight is 184 g/mol. The molecule has 4 heteroatoms. The predicted molar refractivity (Wildman–Crippen MR) is 50.6 cm³/mol. The summed E-state index contributed by atoms with van der Waals surface area (Å²) in [5, 5.41) is 0. The molecule has 0 heterocycles. The van der Waals surface area contributed by atoms with Crippen LogP contribution in [0.4, 0.5) is 0 Å². The molecule has 0 aromatic heterocycles. The van der Waals surface area contributed by atoms with E-state index in [4.69, 9.17) is 11.5 Å². The summed E-state index contributed by atoms with van der Waals surface area (Å²) in [6.07, 6.45) is 3.97. The van der Waals surface area contributed by atoms with Gasteiger partial charge in [0.2, 0.25) is 11.8 Å². The normalized spacial score (nSPS) is 11.3. The molecule has 0 aliphatic carbocycles. The Kier molecular flexibility index (Phi) is 5.59. The first-order valence-corrected chi connectivity index (χ1v) is 4.35. The van der Waals surface area contributed by atoms with Crippen LogP contribution in [0.1, 0.15) is 32.6 Å². The van der Waals surface area contributed by atoms with E-state index in [0.29, 0.717) is 24.8 Å². The van der Waals surface area contributed by atoms with E-state index in [9.17, 15) is 9.59 Å². The van der Waals surface area contributed by atoms with Crippen LogP contribution in [0.3, 0.4) is 0 Å². The first-order valence-electron chi connectivity index (χ1n) is 4.35. The number of nitrogens with two attached hydrogens (primary N) is 2. The Bertz CT molecular complexity index is 222. The zero-order valence-corrected chi connectivity index (χ0v) is 7.88. The van der Waals surface area contributed by atoms with Gasteiger partial charge < -0.3 is 11.5 Å². The highest BCUT2D eigenvalue weighted by atomic mass is 16.1. The first-order chi connectivity index (χ1) is 6.07. The molecule has 0 bridgehead atoms. The first kappa shape index (κ1) is 11.7. The summed E-state index contributed by atoms with van der Waals surface area (Å²) in [7, 11) is 0. The second kappa shape index (κ2) is 6.22. The maximum atomic E-state index is 10.8. The van der Waals surface area contributed by atoms with Gasteiger partial charge in [-0.05, 0) is 19.3 Å². The molecular weight excluding hydrogens is 168 g/mol. The van der Waals surface area contributed by atoms with Crippen LogP contribution < -0.4 is 11.5 Å². The fourth-order valence-electron chi connectivity index (χ4n) is 1.03. The van der Waals surface area contributed by atoms with Crippen molar-refractivity contribution in [2.45, 2.75) is 32.6 Å². The molecule has 4 nitrogen and oxygen atoms in total. The second-order valence-electron chi connectivity index (χ2n) is 2.82. The third-order valence-electron chi connectivity index (χ3n) is 1.64. The largest absolute Gasteiger partial charge is 0.370 e. The number of hydrogen-bond acceptors (Lipinski definition) is 2. The molecule has 2 amide bonds. The maximum Gasteiger partial charge on any atom is 0.244 e. The van der Waals surface area contributed by atoms with Crippen molar-refractivity contribution < 1.29 is 9.59 Å². The lowest BCUT2D eigenvalue weighted by atomic mass is 10.1. The van der Waals surface area contributed by atoms with E-state index < -0.39 is 5.91 Å². The van der Waals surface area contributed by atoms with Gasteiger partial charge in [0.25, 0.3) is 0 Å². The summed E-state index contributed by atoms with van der Waals surface area (Å²) < 4.78 is 0. The highest BCUT2D eigenvalue weighted by Gasteiger charge is 2.04. The Balaban J connectivity index is 3.91. The topological polar surface area (TPSA) is 86.2 Å². The van der Waals surface area contributed by atoms with Crippen molar-refractivity contribution >= 4 is 11.8 Å². The van der Waals surface area contributed by atoms with Crippen LogP contribution in [-0.4, -0.2) is 11.8 Å². The fraction of sp³-hybridized carbons (Fsp3) is 0.556. The van der Waals surface area contributed by atoms with Gasteiger partial charge in [-0.25, -0.2) is 0 Å². The van der Waals surface area contributed by atoms with E-state index in [0.717, 1.165) is 6.42 Å². The Morgan fingerprint density at radius 3 is 2.23 bits per heavy atom. The Labute approximate surface area is 78.0 Å². The Hall–Kier alpha value is -1.32. The van der Waals surface area contributed by atoms with Gasteiger partial charge in [-0.15, -0.1) is 0 Å². The van der Waals surface area contributed by atoms with Crippen molar-refractivity contribution in [2.24, 2.45) is 11.5 Å². The standard InChI is InChI=1S/C9H16N2O2/c1-2-4-7(9(11)13)5-3-6-8(10)12/h4H,2-3,5-6H2,1H3,(H2,10,12)(H2,11,13). The molecule has 0 aromatic carbocycles. The number of carbonyl (C=O) groups excluding carboxylic acids is 2. The zero-order valence-electron chi connectivity index (χ0n) is 7.88. The summed E-state index contributed by atoms with van der Waals surface area (Å²) in [4.78, 5) is 21.2. The third-order valence-corrected chi connectivity index (χ3v) is 1.64. The van der Waals surface area contributed by atoms with E-state index in [1.165, 1.54) is 0 Å². The van der Waals surface area contributed by atoms with Crippen LogP contribution >= 0.6 is 0 Å². The number of carbonyl (C=O) groups is 2. The molecule has 0 fully saturated rings. The van der Waals surface area contributed by atoms with Gasteiger partial charge in [0.15, 0.2) is 0 Å². The molecule has 0 aliphatic rings. The van der Waals surface area contributed by atoms with Gasteiger partial charge in [-0.1, -0.05) is 13.0 Å². The van der Waals surface area contributed by atoms with E-state index in [1.54, 1.807) is 6.08 Å². The molecule has 0 atom stereocenters. The van der Waals surface area contributed by atoms with Crippen LogP contribution in [0.25, 0.3) is 0 Å². The van der Waals surface area contributed by atoms with Crippen LogP contribution in [0, 0.1) is 0 Å². The van der Waals surface area contributed by atoms with Crippen LogP contribution in [0.2, 0.25) is 0 Å². The minimum atomic E-state index is -0.411. The minimum absolute atomic E-state index is 0.300. The van der Waals surface area contributed by atoms with E-state index in [-0.39, 0.29) is 5.91 Å². The van der Waals surface area contributed by atoms with E-state index in [1.807, 2.05) is 6.92 Å². The van der Waals surface area contributed by atoms with Crippen molar-refractivity contribution in [1.29, 1.82) is 0 Å². The number of allylic oxidation sites excluding steroid dienone is 1. The lowest BCUT2D eigenvalue weighted by molar-refractivity contribution is -0.118. The molecule has 13 heavy (non-hydrogen) atoms. The maximum absolute atomic E-state index is 10.8. The van der Waals surface area contributed by atoms with Gasteiger partial charge >= 0.3 is 0 Å². The van der Waals surface area contributed by atoms with Crippen molar-refractivity contribution in [3.8, 4) is 0 Å². The molecule has 4 N–H and O–H groups in total. The highest BCUT2D eigenvalue weighted by molar-refractivity contribution is 5.91. The molecule has 0 rings (SSSR count). The summed E-state index contributed by atoms with van der Waals surface area (Å²) in [6.45, 7) is 1.93.